The highest BCUT2D eigenvalue weighted by Crippen LogP contribution is 2.21. The molecule has 3 rings (SSSR count). The summed E-state index contributed by atoms with van der Waals surface area (Å²) >= 11 is 0. The van der Waals surface area contributed by atoms with Gasteiger partial charge >= 0.3 is 0 Å². The lowest BCUT2D eigenvalue weighted by Crippen LogP contribution is -2.39. The average molecular weight is 334 g/mol. The third-order valence-electron chi connectivity index (χ3n) is 4.03. The van der Waals surface area contributed by atoms with E-state index in [0.29, 0.717) is 12.1 Å². The van der Waals surface area contributed by atoms with Gasteiger partial charge in [0, 0.05) is 31.9 Å². The Labute approximate surface area is 141 Å². The van der Waals surface area contributed by atoms with Crippen molar-refractivity contribution in [1.29, 1.82) is 0 Å². The molecule has 1 aromatic carbocycles. The highest BCUT2D eigenvalue weighted by atomic mass is 35.5. The number of carbonyl (C=O) groups is 1. The van der Waals surface area contributed by atoms with Crippen molar-refractivity contribution in [2.24, 2.45) is 7.05 Å². The van der Waals surface area contributed by atoms with E-state index in [1.54, 1.807) is 19.3 Å². The van der Waals surface area contributed by atoms with Crippen LogP contribution in [0.4, 0.5) is 0 Å². The third-order valence-corrected chi connectivity index (χ3v) is 4.03. The first kappa shape index (κ1) is 17.2. The zero-order chi connectivity index (χ0) is 15.5. The smallest absolute Gasteiger partial charge is 0.252 e. The number of aromatic nitrogens is 1. The number of nitrogens with zero attached hydrogens (tertiary/aromatic N) is 1. The Balaban J connectivity index is 0.00000192. The van der Waals surface area contributed by atoms with E-state index in [0.717, 1.165) is 13.0 Å². The number of hydrogen-bond acceptors (Lipinski definition) is 3. The van der Waals surface area contributed by atoms with Crippen LogP contribution in [0, 0.1) is 0 Å². The maximum Gasteiger partial charge on any atom is 0.252 e. The molecule has 2 heterocycles. The summed E-state index contributed by atoms with van der Waals surface area (Å²) in [6.45, 7) is 1.44. The second-order valence-corrected chi connectivity index (χ2v) is 5.53. The molecular weight excluding hydrogens is 314 g/mol. The van der Waals surface area contributed by atoms with Gasteiger partial charge in [-0.05, 0) is 30.2 Å². The van der Waals surface area contributed by atoms with Gasteiger partial charge in [-0.25, -0.2) is 0 Å². The second-order valence-electron chi connectivity index (χ2n) is 5.53. The van der Waals surface area contributed by atoms with Crippen LogP contribution >= 0.6 is 12.4 Å². The highest BCUT2D eigenvalue weighted by Gasteiger charge is 2.19. The van der Waals surface area contributed by atoms with Crippen LogP contribution in [0.3, 0.4) is 0 Å². The number of benzene rings is 1. The van der Waals surface area contributed by atoms with E-state index in [-0.39, 0.29) is 29.9 Å². The molecule has 6 heteroatoms. The van der Waals surface area contributed by atoms with Crippen LogP contribution in [0.15, 0.2) is 47.4 Å². The fourth-order valence-electron chi connectivity index (χ4n) is 2.80. The summed E-state index contributed by atoms with van der Waals surface area (Å²) in [5, 5.41) is 6.37. The van der Waals surface area contributed by atoms with Crippen molar-refractivity contribution in [2.75, 3.05) is 13.1 Å². The topological polar surface area (TPSA) is 63.1 Å². The van der Waals surface area contributed by atoms with Gasteiger partial charge < -0.3 is 15.2 Å². The molecule has 0 saturated carbocycles. The quantitative estimate of drug-likeness (QED) is 0.893. The summed E-state index contributed by atoms with van der Waals surface area (Å²) < 4.78 is 1.41. The minimum atomic E-state index is -0.166. The molecule has 0 aliphatic carbocycles. The number of amides is 1. The molecule has 1 amide bonds. The van der Waals surface area contributed by atoms with Crippen LogP contribution in [0.5, 0.6) is 0 Å². The number of rotatable bonds is 3. The number of fused-ring (bicyclic) bond motifs is 1. The van der Waals surface area contributed by atoms with Crippen molar-refractivity contribution in [1.82, 2.24) is 15.2 Å². The van der Waals surface area contributed by atoms with Crippen LogP contribution in [-0.2, 0) is 13.5 Å². The van der Waals surface area contributed by atoms with Crippen molar-refractivity contribution < 1.29 is 4.79 Å². The number of nitrogens with one attached hydrogen (secondary N) is 2. The van der Waals surface area contributed by atoms with Gasteiger partial charge in [0.25, 0.3) is 5.91 Å². The Morgan fingerprint density at radius 3 is 2.87 bits per heavy atom. The standard InChI is InChI=1S/C17H19N3O2.ClH/c1-20-11-13(6-7-16(20)21)17(22)19-10-15-14-5-3-2-4-12(14)8-9-18-15;/h2-7,11,15,18H,8-10H2,1H3,(H,19,22);1H. The number of hydrogen-bond donors (Lipinski definition) is 2. The molecule has 2 N–H and O–H groups in total. The van der Waals surface area contributed by atoms with E-state index < -0.39 is 0 Å². The molecule has 0 bridgehead atoms. The molecule has 1 aromatic heterocycles. The normalized spacial score (nSPS) is 16.1. The molecule has 1 aliphatic heterocycles. The minimum absolute atomic E-state index is 0. The lowest BCUT2D eigenvalue weighted by atomic mass is 9.94. The fourth-order valence-corrected chi connectivity index (χ4v) is 2.80. The summed E-state index contributed by atoms with van der Waals surface area (Å²) in [6.07, 6.45) is 2.57. The van der Waals surface area contributed by atoms with Crippen LogP contribution in [0.25, 0.3) is 0 Å². The van der Waals surface area contributed by atoms with E-state index in [4.69, 9.17) is 0 Å². The van der Waals surface area contributed by atoms with E-state index >= 15 is 0 Å². The van der Waals surface area contributed by atoms with Gasteiger partial charge in [0.05, 0.1) is 5.56 Å². The van der Waals surface area contributed by atoms with Gasteiger partial charge in [-0.2, -0.15) is 0 Å². The van der Waals surface area contributed by atoms with Gasteiger partial charge in [0.15, 0.2) is 0 Å². The number of carbonyl (C=O) groups excluding carboxylic acids is 1. The van der Waals surface area contributed by atoms with Crippen molar-refractivity contribution in [3.8, 4) is 0 Å². The SMILES string of the molecule is Cl.Cn1cc(C(=O)NCC2NCCc3ccccc32)ccc1=O. The Morgan fingerprint density at radius 1 is 1.30 bits per heavy atom. The molecule has 23 heavy (non-hydrogen) atoms. The zero-order valence-electron chi connectivity index (χ0n) is 12.9. The zero-order valence-corrected chi connectivity index (χ0v) is 13.7. The van der Waals surface area contributed by atoms with Crippen molar-refractivity contribution >= 4 is 18.3 Å². The van der Waals surface area contributed by atoms with Gasteiger partial charge in [-0.15, -0.1) is 12.4 Å². The monoisotopic (exact) mass is 333 g/mol. The van der Waals surface area contributed by atoms with Crippen LogP contribution in [0.2, 0.25) is 0 Å². The summed E-state index contributed by atoms with van der Waals surface area (Å²) in [5.74, 6) is -0.166. The van der Waals surface area contributed by atoms with Crippen molar-refractivity contribution in [2.45, 2.75) is 12.5 Å². The van der Waals surface area contributed by atoms with E-state index in [1.807, 2.05) is 12.1 Å². The molecule has 0 saturated heterocycles. The number of pyridine rings is 1. The maximum atomic E-state index is 12.2. The first-order valence-electron chi connectivity index (χ1n) is 7.41. The molecule has 0 spiro atoms. The Morgan fingerprint density at radius 2 is 2.09 bits per heavy atom. The Bertz CT molecular complexity index is 757. The molecule has 5 nitrogen and oxygen atoms in total. The van der Waals surface area contributed by atoms with Gasteiger partial charge in [-0.3, -0.25) is 9.59 Å². The predicted molar refractivity (Wildman–Crippen MR) is 92.2 cm³/mol. The second kappa shape index (κ2) is 7.44. The van der Waals surface area contributed by atoms with Gasteiger partial charge in [0.2, 0.25) is 5.56 Å². The summed E-state index contributed by atoms with van der Waals surface area (Å²) in [4.78, 5) is 23.6. The molecule has 1 aliphatic rings. The first-order valence-corrected chi connectivity index (χ1v) is 7.41. The summed E-state index contributed by atoms with van der Waals surface area (Å²) in [5.41, 5.74) is 2.95. The van der Waals surface area contributed by atoms with Gasteiger partial charge in [-0.1, -0.05) is 24.3 Å². The van der Waals surface area contributed by atoms with Crippen LogP contribution in [0.1, 0.15) is 27.5 Å². The molecule has 1 unspecified atom stereocenters. The van der Waals surface area contributed by atoms with Crippen LogP contribution < -0.4 is 16.2 Å². The average Bonchev–Trinajstić information content (AvgIpc) is 2.55. The first-order chi connectivity index (χ1) is 10.6. The van der Waals surface area contributed by atoms with E-state index in [1.165, 1.54) is 21.8 Å². The Hall–Kier alpha value is -2.11. The predicted octanol–water partition coefficient (Wildman–Crippen LogP) is 1.42. The largest absolute Gasteiger partial charge is 0.350 e. The molecular formula is C17H20ClN3O2. The number of aryl methyl sites for hydroxylation is 1. The molecule has 0 radical (unpaired) electrons. The summed E-state index contributed by atoms with van der Waals surface area (Å²) in [7, 11) is 1.64. The lowest BCUT2D eigenvalue weighted by molar-refractivity contribution is 0.0948. The maximum absolute atomic E-state index is 12.2. The Kier molecular flexibility index (Phi) is 5.58. The van der Waals surface area contributed by atoms with Crippen LogP contribution in [-0.4, -0.2) is 23.6 Å². The van der Waals surface area contributed by atoms with E-state index in [9.17, 15) is 9.59 Å². The third kappa shape index (κ3) is 3.81. The van der Waals surface area contributed by atoms with Gasteiger partial charge in [0.1, 0.15) is 0 Å². The van der Waals surface area contributed by atoms with Crippen molar-refractivity contribution in [3.63, 3.8) is 0 Å². The summed E-state index contributed by atoms with van der Waals surface area (Å²) in [6, 6.07) is 11.4. The molecule has 0 fully saturated rings. The highest BCUT2D eigenvalue weighted by molar-refractivity contribution is 5.93. The molecule has 122 valence electrons. The van der Waals surface area contributed by atoms with Crippen molar-refractivity contribution in [3.05, 3.63) is 69.6 Å². The van der Waals surface area contributed by atoms with E-state index in [2.05, 4.69) is 22.8 Å². The molecule has 1 atom stereocenters. The number of halogens is 1. The fraction of sp³-hybridized carbons (Fsp3) is 0.294. The lowest BCUT2D eigenvalue weighted by Gasteiger charge is -2.27. The molecule has 2 aromatic rings. The minimum Gasteiger partial charge on any atom is -0.350 e.